The van der Waals surface area contributed by atoms with Crippen LogP contribution < -0.4 is 0 Å². The Morgan fingerprint density at radius 2 is 2.19 bits per heavy atom. The molecule has 88 valence electrons. The second-order valence-corrected chi connectivity index (χ2v) is 3.64. The maximum Gasteiger partial charge on any atom is 0.451 e. The number of hydrogen-bond acceptors (Lipinski definition) is 4. The van der Waals surface area contributed by atoms with Crippen molar-refractivity contribution < 1.29 is 22.7 Å². The van der Waals surface area contributed by atoms with Crippen molar-refractivity contribution in [1.82, 2.24) is 9.97 Å². The summed E-state index contributed by atoms with van der Waals surface area (Å²) in [5.41, 5.74) is -0.0737. The summed E-state index contributed by atoms with van der Waals surface area (Å²) in [6.45, 7) is 1.73. The number of carbonyl (C=O) groups is 1. The SMILES string of the molecule is CCOC(=O)c1cnc(C(F)(F)F)nc1I. The van der Waals surface area contributed by atoms with Crippen molar-refractivity contribution >= 4 is 28.6 Å². The lowest BCUT2D eigenvalue weighted by atomic mass is 10.3. The zero-order chi connectivity index (χ0) is 12.3. The monoisotopic (exact) mass is 346 g/mol. The van der Waals surface area contributed by atoms with E-state index < -0.39 is 18.0 Å². The van der Waals surface area contributed by atoms with Crippen LogP contribution in [0.4, 0.5) is 13.2 Å². The highest BCUT2D eigenvalue weighted by Gasteiger charge is 2.35. The molecule has 0 radical (unpaired) electrons. The zero-order valence-corrected chi connectivity index (χ0v) is 10.2. The number of rotatable bonds is 2. The third kappa shape index (κ3) is 3.03. The highest BCUT2D eigenvalue weighted by atomic mass is 127. The molecule has 0 saturated carbocycles. The van der Waals surface area contributed by atoms with Crippen molar-refractivity contribution in [2.24, 2.45) is 0 Å². The van der Waals surface area contributed by atoms with E-state index in [4.69, 9.17) is 0 Å². The van der Waals surface area contributed by atoms with E-state index >= 15 is 0 Å². The summed E-state index contributed by atoms with van der Waals surface area (Å²) in [5, 5.41) is 0. The Kier molecular flexibility index (Phi) is 4.05. The molecule has 0 spiro atoms. The first kappa shape index (κ1) is 13.1. The van der Waals surface area contributed by atoms with Crippen LogP contribution in [0.2, 0.25) is 0 Å². The van der Waals surface area contributed by atoms with Gasteiger partial charge in [-0.3, -0.25) is 0 Å². The maximum atomic E-state index is 12.2. The molecule has 0 atom stereocenters. The molecule has 1 heterocycles. The second-order valence-electron chi connectivity index (χ2n) is 2.62. The summed E-state index contributed by atoms with van der Waals surface area (Å²) in [5.74, 6) is -2.01. The number of carbonyl (C=O) groups excluding carboxylic acids is 1. The van der Waals surface area contributed by atoms with Gasteiger partial charge in [-0.25, -0.2) is 14.8 Å². The van der Waals surface area contributed by atoms with Crippen molar-refractivity contribution in [3.8, 4) is 0 Å². The normalized spacial score (nSPS) is 11.3. The quantitative estimate of drug-likeness (QED) is 0.468. The number of aromatic nitrogens is 2. The molecule has 0 bridgehead atoms. The fourth-order valence-electron chi connectivity index (χ4n) is 0.843. The van der Waals surface area contributed by atoms with E-state index in [2.05, 4.69) is 14.7 Å². The topological polar surface area (TPSA) is 52.1 Å². The number of halogens is 4. The molecule has 0 N–H and O–H groups in total. The van der Waals surface area contributed by atoms with E-state index in [1.807, 2.05) is 0 Å². The molecule has 0 aliphatic carbocycles. The lowest BCUT2D eigenvalue weighted by Gasteiger charge is -2.07. The van der Waals surface area contributed by atoms with E-state index in [1.165, 1.54) is 22.6 Å². The standard InChI is InChI=1S/C8H6F3IN2O2/c1-2-16-6(15)4-3-13-7(8(9,10)11)14-5(4)12/h3H,2H2,1H3. The number of hydrogen-bond donors (Lipinski definition) is 0. The minimum Gasteiger partial charge on any atom is -0.462 e. The predicted molar refractivity (Wildman–Crippen MR) is 55.7 cm³/mol. The number of alkyl halides is 3. The van der Waals surface area contributed by atoms with Crippen LogP contribution in [-0.4, -0.2) is 22.5 Å². The average Bonchev–Trinajstić information content (AvgIpc) is 2.16. The summed E-state index contributed by atoms with van der Waals surface area (Å²) < 4.78 is 41.2. The number of ether oxygens (including phenoxy) is 1. The Balaban J connectivity index is 3.05. The fraction of sp³-hybridized carbons (Fsp3) is 0.375. The van der Waals surface area contributed by atoms with Gasteiger partial charge in [0, 0.05) is 6.20 Å². The Bertz CT molecular complexity index is 409. The maximum absolute atomic E-state index is 12.2. The van der Waals surface area contributed by atoms with Gasteiger partial charge in [0.25, 0.3) is 0 Å². The van der Waals surface area contributed by atoms with E-state index in [0.29, 0.717) is 0 Å². The number of esters is 1. The Morgan fingerprint density at radius 1 is 1.56 bits per heavy atom. The van der Waals surface area contributed by atoms with Crippen LogP contribution in [0.1, 0.15) is 23.1 Å². The van der Waals surface area contributed by atoms with Gasteiger partial charge in [-0.05, 0) is 29.5 Å². The molecule has 1 rings (SSSR count). The minimum absolute atomic E-state index is 0.0737. The van der Waals surface area contributed by atoms with E-state index in [1.54, 1.807) is 6.92 Å². The van der Waals surface area contributed by atoms with Crippen LogP contribution in [0.5, 0.6) is 0 Å². The van der Waals surface area contributed by atoms with Gasteiger partial charge < -0.3 is 4.74 Å². The first-order chi connectivity index (χ1) is 7.36. The Morgan fingerprint density at radius 3 is 2.62 bits per heavy atom. The molecule has 0 saturated heterocycles. The van der Waals surface area contributed by atoms with Crippen LogP contribution in [-0.2, 0) is 10.9 Å². The minimum atomic E-state index is -4.62. The molecule has 4 nitrogen and oxygen atoms in total. The van der Waals surface area contributed by atoms with Crippen molar-refractivity contribution in [2.75, 3.05) is 6.61 Å². The van der Waals surface area contributed by atoms with Gasteiger partial charge >= 0.3 is 12.1 Å². The van der Waals surface area contributed by atoms with Crippen molar-refractivity contribution in [3.05, 3.63) is 21.3 Å². The molecule has 8 heteroatoms. The molecule has 0 amide bonds. The predicted octanol–water partition coefficient (Wildman–Crippen LogP) is 2.28. The van der Waals surface area contributed by atoms with Crippen LogP contribution in [0.3, 0.4) is 0 Å². The van der Waals surface area contributed by atoms with Crippen molar-refractivity contribution in [3.63, 3.8) is 0 Å². The highest BCUT2D eigenvalue weighted by molar-refractivity contribution is 14.1. The van der Waals surface area contributed by atoms with Gasteiger partial charge in [0.1, 0.15) is 9.26 Å². The van der Waals surface area contributed by atoms with Gasteiger partial charge in [-0.15, -0.1) is 0 Å². The van der Waals surface area contributed by atoms with Gasteiger partial charge in [-0.2, -0.15) is 13.2 Å². The summed E-state index contributed by atoms with van der Waals surface area (Å²) in [6, 6.07) is 0. The van der Waals surface area contributed by atoms with Crippen LogP contribution >= 0.6 is 22.6 Å². The molecule has 0 fully saturated rings. The molecule has 16 heavy (non-hydrogen) atoms. The van der Waals surface area contributed by atoms with Crippen LogP contribution in [0.15, 0.2) is 6.20 Å². The summed E-state index contributed by atoms with van der Waals surface area (Å²) >= 11 is 1.53. The van der Waals surface area contributed by atoms with Crippen molar-refractivity contribution in [1.29, 1.82) is 0 Å². The first-order valence-electron chi connectivity index (χ1n) is 4.13. The number of nitrogens with zero attached hydrogens (tertiary/aromatic N) is 2. The lowest BCUT2D eigenvalue weighted by Crippen LogP contribution is -2.15. The Hall–Kier alpha value is -0.930. The Labute approximate surface area is 102 Å². The van der Waals surface area contributed by atoms with E-state index in [0.717, 1.165) is 6.20 Å². The fourth-order valence-corrected chi connectivity index (χ4v) is 1.43. The van der Waals surface area contributed by atoms with Crippen molar-refractivity contribution in [2.45, 2.75) is 13.1 Å². The highest BCUT2D eigenvalue weighted by Crippen LogP contribution is 2.26. The van der Waals surface area contributed by atoms with Crippen LogP contribution in [0, 0.1) is 3.70 Å². The van der Waals surface area contributed by atoms with Gasteiger partial charge in [0.05, 0.1) is 6.61 Å². The summed E-state index contributed by atoms with van der Waals surface area (Å²) in [6.07, 6.45) is -3.80. The van der Waals surface area contributed by atoms with E-state index in [9.17, 15) is 18.0 Å². The molecular weight excluding hydrogens is 340 g/mol. The smallest absolute Gasteiger partial charge is 0.451 e. The molecule has 0 aliphatic rings. The third-order valence-corrected chi connectivity index (χ3v) is 2.31. The van der Waals surface area contributed by atoms with Gasteiger partial charge in [0.2, 0.25) is 5.82 Å². The first-order valence-corrected chi connectivity index (χ1v) is 5.21. The molecule has 0 aliphatic heterocycles. The van der Waals surface area contributed by atoms with Gasteiger partial charge in [-0.1, -0.05) is 0 Å². The van der Waals surface area contributed by atoms with Crippen LogP contribution in [0.25, 0.3) is 0 Å². The zero-order valence-electron chi connectivity index (χ0n) is 8.01. The second kappa shape index (κ2) is 4.93. The van der Waals surface area contributed by atoms with E-state index in [-0.39, 0.29) is 15.9 Å². The summed E-state index contributed by atoms with van der Waals surface area (Å²) in [4.78, 5) is 17.5. The average molecular weight is 346 g/mol. The molecule has 0 unspecified atom stereocenters. The molecule has 0 aromatic carbocycles. The third-order valence-electron chi connectivity index (χ3n) is 1.49. The molecule has 1 aromatic heterocycles. The molecular formula is C8H6F3IN2O2. The lowest BCUT2D eigenvalue weighted by molar-refractivity contribution is -0.145. The largest absolute Gasteiger partial charge is 0.462 e. The molecule has 1 aromatic rings. The summed E-state index contributed by atoms with van der Waals surface area (Å²) in [7, 11) is 0. The van der Waals surface area contributed by atoms with Gasteiger partial charge in [0.15, 0.2) is 0 Å².